The number of hydrogen-bond acceptors (Lipinski definition) is 4. The number of benzene rings is 1. The quantitative estimate of drug-likeness (QED) is 0.920. The van der Waals surface area contributed by atoms with E-state index in [-0.39, 0.29) is 11.9 Å². The van der Waals surface area contributed by atoms with Crippen LogP contribution in [0.1, 0.15) is 40.9 Å². The Morgan fingerprint density at radius 1 is 1.45 bits per heavy atom. The van der Waals surface area contributed by atoms with Crippen molar-refractivity contribution in [3.8, 4) is 5.75 Å². The maximum atomic E-state index is 12.3. The smallest absolute Gasteiger partial charge is 0.255 e. The molecule has 2 aromatic rings. The van der Waals surface area contributed by atoms with Crippen molar-refractivity contribution in [3.63, 3.8) is 0 Å². The summed E-state index contributed by atoms with van der Waals surface area (Å²) in [5.41, 5.74) is 1.43. The van der Waals surface area contributed by atoms with E-state index in [1.54, 1.807) is 30.6 Å². The van der Waals surface area contributed by atoms with Crippen molar-refractivity contribution in [2.45, 2.75) is 26.3 Å². The molecule has 0 spiro atoms. The third-order valence-corrected chi connectivity index (χ3v) is 4.03. The first-order valence-corrected chi connectivity index (χ1v) is 7.41. The van der Waals surface area contributed by atoms with Crippen LogP contribution >= 0.6 is 11.3 Å². The summed E-state index contributed by atoms with van der Waals surface area (Å²) >= 11 is 1.62. The van der Waals surface area contributed by atoms with E-state index in [1.807, 2.05) is 24.4 Å². The lowest BCUT2D eigenvalue weighted by atomic mass is 10.1. The van der Waals surface area contributed by atoms with Crippen LogP contribution < -0.4 is 10.1 Å². The maximum absolute atomic E-state index is 12.3. The van der Waals surface area contributed by atoms with Crippen LogP contribution in [0, 0.1) is 0 Å². The number of amides is 1. The van der Waals surface area contributed by atoms with E-state index in [9.17, 15) is 4.79 Å². The predicted octanol–water partition coefficient (Wildman–Crippen LogP) is 3.21. The summed E-state index contributed by atoms with van der Waals surface area (Å²) in [6.45, 7) is 4.00. The van der Waals surface area contributed by atoms with Gasteiger partial charge in [0.25, 0.3) is 5.91 Å². The molecule has 1 unspecified atom stereocenters. The number of carbonyl (C=O) groups is 1. The topological polar surface area (TPSA) is 51.2 Å². The van der Waals surface area contributed by atoms with Gasteiger partial charge in [-0.05, 0) is 25.5 Å². The summed E-state index contributed by atoms with van der Waals surface area (Å²) in [6, 6.07) is 7.06. The van der Waals surface area contributed by atoms with Gasteiger partial charge in [0, 0.05) is 5.38 Å². The Bertz CT molecular complexity index is 595. The molecule has 2 rings (SSSR count). The molecule has 4 nitrogen and oxygen atoms in total. The zero-order chi connectivity index (χ0) is 14.5. The Labute approximate surface area is 122 Å². The molecule has 0 aliphatic rings. The Morgan fingerprint density at radius 2 is 2.20 bits per heavy atom. The number of hydrogen-bond donors (Lipinski definition) is 1. The van der Waals surface area contributed by atoms with Gasteiger partial charge in [-0.15, -0.1) is 11.3 Å². The van der Waals surface area contributed by atoms with E-state index in [4.69, 9.17) is 4.74 Å². The zero-order valence-electron chi connectivity index (χ0n) is 11.8. The van der Waals surface area contributed by atoms with Crippen molar-refractivity contribution in [2.75, 3.05) is 7.11 Å². The number of thiazole rings is 1. The average molecular weight is 290 g/mol. The lowest BCUT2D eigenvalue weighted by Crippen LogP contribution is -2.27. The molecule has 5 heteroatoms. The van der Waals surface area contributed by atoms with Gasteiger partial charge in [0.15, 0.2) is 0 Å². The van der Waals surface area contributed by atoms with Crippen molar-refractivity contribution in [3.05, 3.63) is 45.9 Å². The van der Waals surface area contributed by atoms with E-state index < -0.39 is 0 Å². The molecule has 0 saturated heterocycles. The molecule has 0 fully saturated rings. The average Bonchev–Trinajstić information content (AvgIpc) is 2.96. The minimum atomic E-state index is -0.152. The SMILES string of the molecule is CCc1nc(C(C)NC(=O)c2ccccc2OC)cs1. The molecule has 0 radical (unpaired) electrons. The number of methoxy groups -OCH3 is 1. The minimum Gasteiger partial charge on any atom is -0.496 e. The normalized spacial score (nSPS) is 11.9. The number of aryl methyl sites for hydroxylation is 1. The molecule has 1 heterocycles. The Morgan fingerprint density at radius 3 is 2.85 bits per heavy atom. The summed E-state index contributed by atoms with van der Waals surface area (Å²) < 4.78 is 5.20. The third kappa shape index (κ3) is 3.17. The van der Waals surface area contributed by atoms with Crippen molar-refractivity contribution in [1.29, 1.82) is 0 Å². The van der Waals surface area contributed by atoms with Crippen LogP contribution in [0.15, 0.2) is 29.6 Å². The second-order valence-corrected chi connectivity index (χ2v) is 5.36. The summed E-state index contributed by atoms with van der Waals surface area (Å²) in [5, 5.41) is 6.02. The van der Waals surface area contributed by atoms with Crippen LogP contribution in [-0.2, 0) is 6.42 Å². The third-order valence-electron chi connectivity index (χ3n) is 3.01. The fraction of sp³-hybridized carbons (Fsp3) is 0.333. The minimum absolute atomic E-state index is 0.121. The molecule has 1 N–H and O–H groups in total. The summed E-state index contributed by atoms with van der Waals surface area (Å²) in [4.78, 5) is 16.8. The molecule has 1 aromatic carbocycles. The fourth-order valence-corrected chi connectivity index (χ4v) is 2.71. The largest absolute Gasteiger partial charge is 0.496 e. The van der Waals surface area contributed by atoms with Crippen LogP contribution in [0.3, 0.4) is 0 Å². The second kappa shape index (κ2) is 6.52. The van der Waals surface area contributed by atoms with E-state index in [0.717, 1.165) is 17.1 Å². The molecule has 20 heavy (non-hydrogen) atoms. The van der Waals surface area contributed by atoms with Crippen molar-refractivity contribution < 1.29 is 9.53 Å². The maximum Gasteiger partial charge on any atom is 0.255 e. The summed E-state index contributed by atoms with van der Waals surface area (Å²) in [7, 11) is 1.56. The fourth-order valence-electron chi connectivity index (χ4n) is 1.87. The standard InChI is InChI=1S/C15H18N2O2S/c1-4-14-17-12(9-20-14)10(2)16-15(18)11-7-5-6-8-13(11)19-3/h5-10H,4H2,1-3H3,(H,16,18). The highest BCUT2D eigenvalue weighted by Gasteiger charge is 2.16. The first kappa shape index (κ1) is 14.5. The molecule has 1 amide bonds. The van der Waals surface area contributed by atoms with Gasteiger partial charge in [0.1, 0.15) is 5.75 Å². The monoisotopic (exact) mass is 290 g/mol. The zero-order valence-corrected chi connectivity index (χ0v) is 12.7. The summed E-state index contributed by atoms with van der Waals surface area (Å²) in [6.07, 6.45) is 0.915. The van der Waals surface area contributed by atoms with Gasteiger partial charge in [0.2, 0.25) is 0 Å². The van der Waals surface area contributed by atoms with Gasteiger partial charge in [-0.25, -0.2) is 4.98 Å². The van der Waals surface area contributed by atoms with Gasteiger partial charge in [-0.3, -0.25) is 4.79 Å². The number of nitrogens with one attached hydrogen (secondary N) is 1. The van der Waals surface area contributed by atoms with Crippen molar-refractivity contribution >= 4 is 17.2 Å². The Kier molecular flexibility index (Phi) is 4.74. The van der Waals surface area contributed by atoms with Crippen LogP contribution in [-0.4, -0.2) is 18.0 Å². The molecule has 1 atom stereocenters. The van der Waals surface area contributed by atoms with E-state index in [1.165, 1.54) is 0 Å². The molecule has 0 aliphatic heterocycles. The van der Waals surface area contributed by atoms with Crippen LogP contribution in [0.25, 0.3) is 0 Å². The highest BCUT2D eigenvalue weighted by molar-refractivity contribution is 7.09. The number of rotatable bonds is 5. The van der Waals surface area contributed by atoms with Gasteiger partial charge in [-0.2, -0.15) is 0 Å². The lowest BCUT2D eigenvalue weighted by Gasteiger charge is -2.13. The van der Waals surface area contributed by atoms with Crippen LogP contribution in [0.5, 0.6) is 5.75 Å². The Balaban J connectivity index is 2.10. The number of ether oxygens (including phenoxy) is 1. The highest BCUT2D eigenvalue weighted by atomic mass is 32.1. The molecule has 106 valence electrons. The van der Waals surface area contributed by atoms with E-state index in [0.29, 0.717) is 11.3 Å². The van der Waals surface area contributed by atoms with Crippen LogP contribution in [0.4, 0.5) is 0 Å². The first-order valence-electron chi connectivity index (χ1n) is 6.53. The van der Waals surface area contributed by atoms with Gasteiger partial charge < -0.3 is 10.1 Å². The first-order chi connectivity index (χ1) is 9.65. The van der Waals surface area contributed by atoms with E-state index in [2.05, 4.69) is 17.2 Å². The lowest BCUT2D eigenvalue weighted by molar-refractivity contribution is 0.0936. The number of aromatic nitrogens is 1. The predicted molar refractivity (Wildman–Crippen MR) is 80.4 cm³/mol. The molecular formula is C15H18N2O2S. The number of carbonyl (C=O) groups excluding carboxylic acids is 1. The highest BCUT2D eigenvalue weighted by Crippen LogP contribution is 2.20. The van der Waals surface area contributed by atoms with Crippen molar-refractivity contribution in [1.82, 2.24) is 10.3 Å². The van der Waals surface area contributed by atoms with Gasteiger partial charge in [-0.1, -0.05) is 19.1 Å². The summed E-state index contributed by atoms with van der Waals surface area (Å²) in [5.74, 6) is 0.422. The molecule has 0 aliphatic carbocycles. The molecule has 0 saturated carbocycles. The second-order valence-electron chi connectivity index (χ2n) is 4.42. The van der Waals surface area contributed by atoms with E-state index >= 15 is 0 Å². The number of nitrogens with zero attached hydrogens (tertiary/aromatic N) is 1. The van der Waals surface area contributed by atoms with Gasteiger partial charge >= 0.3 is 0 Å². The molecule has 0 bridgehead atoms. The Hall–Kier alpha value is -1.88. The molecule has 1 aromatic heterocycles. The van der Waals surface area contributed by atoms with Gasteiger partial charge in [0.05, 0.1) is 29.4 Å². The van der Waals surface area contributed by atoms with Crippen molar-refractivity contribution in [2.24, 2.45) is 0 Å². The molecular weight excluding hydrogens is 272 g/mol. The number of para-hydroxylation sites is 1. The van der Waals surface area contributed by atoms with Crippen LogP contribution in [0.2, 0.25) is 0 Å².